The van der Waals surface area contributed by atoms with Crippen molar-refractivity contribution in [3.63, 3.8) is 0 Å². The van der Waals surface area contributed by atoms with Crippen LogP contribution in [0.25, 0.3) is 11.0 Å². The summed E-state index contributed by atoms with van der Waals surface area (Å²) >= 11 is 6.07. The highest BCUT2D eigenvalue weighted by molar-refractivity contribution is 6.30. The first-order chi connectivity index (χ1) is 12.6. The number of alkyl halides is 3. The van der Waals surface area contributed by atoms with Crippen LogP contribution in [-0.4, -0.2) is 9.55 Å². The van der Waals surface area contributed by atoms with E-state index in [0.29, 0.717) is 40.8 Å². The number of halogens is 4. The molecule has 2 N–H and O–H groups in total. The zero-order valence-electron chi connectivity index (χ0n) is 15.1. The van der Waals surface area contributed by atoms with E-state index in [1.54, 1.807) is 6.07 Å². The lowest BCUT2D eigenvalue weighted by Crippen LogP contribution is -2.19. The van der Waals surface area contributed by atoms with Crippen LogP contribution in [0, 0.1) is 5.92 Å². The summed E-state index contributed by atoms with van der Waals surface area (Å²) in [5.41, 5.74) is 7.47. The number of fused-ring (bicyclic) bond motifs is 1. The molecule has 1 heterocycles. The van der Waals surface area contributed by atoms with E-state index in [1.165, 1.54) is 6.07 Å². The molecular weight excluding hydrogens is 375 g/mol. The summed E-state index contributed by atoms with van der Waals surface area (Å²) in [5, 5.41) is 0.601. The Bertz CT molecular complexity index is 947. The third-order valence-corrected chi connectivity index (χ3v) is 4.63. The molecule has 0 spiro atoms. The molecule has 0 aliphatic rings. The normalized spacial score (nSPS) is 13.5. The summed E-state index contributed by atoms with van der Waals surface area (Å²) in [6.07, 6.45) is -3.73. The highest BCUT2D eigenvalue weighted by Crippen LogP contribution is 2.33. The quantitative estimate of drug-likeness (QED) is 0.593. The zero-order valence-corrected chi connectivity index (χ0v) is 15.8. The van der Waals surface area contributed by atoms with Crippen molar-refractivity contribution in [3.05, 3.63) is 64.4 Å². The SMILES string of the molecule is CC(C)C[C@H](N)c1nc2cc(C(F)(F)F)ccc2n1Cc1cccc(Cl)c1. The number of nitrogens with two attached hydrogens (primary N) is 1. The molecule has 0 radical (unpaired) electrons. The molecule has 0 unspecified atom stereocenters. The second-order valence-electron chi connectivity index (χ2n) is 7.12. The van der Waals surface area contributed by atoms with Crippen LogP contribution >= 0.6 is 11.6 Å². The summed E-state index contributed by atoms with van der Waals surface area (Å²) in [6.45, 7) is 4.53. The van der Waals surface area contributed by atoms with Crippen molar-refractivity contribution in [2.24, 2.45) is 11.7 Å². The van der Waals surface area contributed by atoms with Crippen LogP contribution in [0.3, 0.4) is 0 Å². The summed E-state index contributed by atoms with van der Waals surface area (Å²) < 4.78 is 41.1. The average molecular weight is 396 g/mol. The van der Waals surface area contributed by atoms with Crippen molar-refractivity contribution in [2.75, 3.05) is 0 Å². The van der Waals surface area contributed by atoms with Crippen molar-refractivity contribution in [2.45, 2.75) is 39.0 Å². The fraction of sp³-hybridized carbons (Fsp3) is 0.350. The van der Waals surface area contributed by atoms with Crippen molar-refractivity contribution in [1.82, 2.24) is 9.55 Å². The van der Waals surface area contributed by atoms with Crippen LogP contribution in [0.15, 0.2) is 42.5 Å². The van der Waals surface area contributed by atoms with Crippen molar-refractivity contribution < 1.29 is 13.2 Å². The monoisotopic (exact) mass is 395 g/mol. The molecule has 0 bridgehead atoms. The molecule has 7 heteroatoms. The molecule has 0 aliphatic carbocycles. The number of nitrogens with zero attached hydrogens (tertiary/aromatic N) is 2. The smallest absolute Gasteiger partial charge is 0.322 e. The topological polar surface area (TPSA) is 43.8 Å². The maximum atomic E-state index is 13.1. The summed E-state index contributed by atoms with van der Waals surface area (Å²) in [7, 11) is 0. The maximum Gasteiger partial charge on any atom is 0.416 e. The minimum Gasteiger partial charge on any atom is -0.322 e. The Labute approximate surface area is 161 Å². The molecule has 144 valence electrons. The van der Waals surface area contributed by atoms with Gasteiger partial charge in [-0.2, -0.15) is 13.2 Å². The van der Waals surface area contributed by atoms with Crippen molar-refractivity contribution in [3.8, 4) is 0 Å². The number of benzene rings is 2. The predicted octanol–water partition coefficient (Wildman–Crippen LogP) is 5.80. The van der Waals surface area contributed by atoms with Gasteiger partial charge in [0.2, 0.25) is 0 Å². The van der Waals surface area contributed by atoms with Gasteiger partial charge < -0.3 is 10.3 Å². The Hall–Kier alpha value is -2.05. The van der Waals surface area contributed by atoms with Crippen LogP contribution in [0.2, 0.25) is 5.02 Å². The minimum atomic E-state index is -4.41. The van der Waals surface area contributed by atoms with E-state index < -0.39 is 11.7 Å². The van der Waals surface area contributed by atoms with Gasteiger partial charge in [-0.05, 0) is 48.2 Å². The zero-order chi connectivity index (χ0) is 19.8. The molecule has 0 aliphatic heterocycles. The number of hydrogen-bond donors (Lipinski definition) is 1. The van der Waals surface area contributed by atoms with Gasteiger partial charge >= 0.3 is 6.18 Å². The Morgan fingerprint density at radius 3 is 2.52 bits per heavy atom. The van der Waals surface area contributed by atoms with E-state index in [4.69, 9.17) is 17.3 Å². The fourth-order valence-corrected chi connectivity index (χ4v) is 3.42. The van der Waals surface area contributed by atoms with Crippen molar-refractivity contribution >= 4 is 22.6 Å². The molecule has 3 rings (SSSR count). The van der Waals surface area contributed by atoms with E-state index in [1.807, 2.05) is 36.6 Å². The van der Waals surface area contributed by atoms with Gasteiger partial charge in [0.25, 0.3) is 0 Å². The minimum absolute atomic E-state index is 0.293. The first kappa shape index (κ1) is 19.7. The number of aromatic nitrogens is 2. The Kier molecular flexibility index (Phi) is 5.49. The summed E-state index contributed by atoms with van der Waals surface area (Å²) in [4.78, 5) is 4.46. The molecule has 27 heavy (non-hydrogen) atoms. The molecule has 0 fully saturated rings. The van der Waals surface area contributed by atoms with E-state index in [2.05, 4.69) is 4.98 Å². The van der Waals surface area contributed by atoms with E-state index in [9.17, 15) is 13.2 Å². The lowest BCUT2D eigenvalue weighted by atomic mass is 10.0. The standard InChI is InChI=1S/C20H21ClF3N3/c1-12(2)8-16(25)19-26-17-10-14(20(22,23)24)6-7-18(17)27(19)11-13-4-3-5-15(21)9-13/h3-7,9-10,12,16H,8,11,25H2,1-2H3/t16-/m0/s1. The van der Waals surface area contributed by atoms with Gasteiger partial charge in [0.15, 0.2) is 0 Å². The number of imidazole rings is 1. The third-order valence-electron chi connectivity index (χ3n) is 4.39. The molecule has 2 aromatic carbocycles. The van der Waals surface area contributed by atoms with Crippen LogP contribution in [-0.2, 0) is 12.7 Å². The first-order valence-electron chi connectivity index (χ1n) is 8.72. The summed E-state index contributed by atoms with van der Waals surface area (Å²) in [5.74, 6) is 0.920. The Morgan fingerprint density at radius 2 is 1.89 bits per heavy atom. The number of hydrogen-bond acceptors (Lipinski definition) is 2. The second kappa shape index (κ2) is 7.52. The molecule has 0 saturated carbocycles. The summed E-state index contributed by atoms with van der Waals surface area (Å²) in [6, 6.07) is 10.6. The third kappa shape index (κ3) is 4.45. The Balaban J connectivity index is 2.12. The van der Waals surface area contributed by atoms with E-state index in [0.717, 1.165) is 17.7 Å². The van der Waals surface area contributed by atoms with Crippen LogP contribution in [0.5, 0.6) is 0 Å². The molecule has 3 nitrogen and oxygen atoms in total. The largest absolute Gasteiger partial charge is 0.416 e. The Morgan fingerprint density at radius 1 is 1.15 bits per heavy atom. The van der Waals surface area contributed by atoms with Crippen LogP contribution in [0.1, 0.15) is 43.3 Å². The molecule has 1 atom stereocenters. The first-order valence-corrected chi connectivity index (χ1v) is 9.10. The van der Waals surface area contributed by atoms with Crippen LogP contribution < -0.4 is 5.73 Å². The van der Waals surface area contributed by atoms with E-state index >= 15 is 0 Å². The van der Waals surface area contributed by atoms with Gasteiger partial charge in [-0.15, -0.1) is 0 Å². The van der Waals surface area contributed by atoms with Gasteiger partial charge in [0.05, 0.1) is 22.6 Å². The highest BCUT2D eigenvalue weighted by Gasteiger charge is 2.31. The van der Waals surface area contributed by atoms with Gasteiger partial charge in [-0.3, -0.25) is 0 Å². The fourth-order valence-electron chi connectivity index (χ4n) is 3.21. The lowest BCUT2D eigenvalue weighted by molar-refractivity contribution is -0.137. The predicted molar refractivity (Wildman–Crippen MR) is 102 cm³/mol. The van der Waals surface area contributed by atoms with Gasteiger partial charge in [-0.1, -0.05) is 37.6 Å². The van der Waals surface area contributed by atoms with Crippen LogP contribution in [0.4, 0.5) is 13.2 Å². The molecule has 3 aromatic rings. The van der Waals surface area contributed by atoms with Gasteiger partial charge in [0.1, 0.15) is 5.82 Å². The van der Waals surface area contributed by atoms with Gasteiger partial charge in [-0.25, -0.2) is 4.98 Å². The maximum absolute atomic E-state index is 13.1. The number of rotatable bonds is 5. The van der Waals surface area contributed by atoms with Gasteiger partial charge in [0, 0.05) is 11.6 Å². The second-order valence-corrected chi connectivity index (χ2v) is 7.56. The molecular formula is C20H21ClF3N3. The molecule has 0 amide bonds. The lowest BCUT2D eigenvalue weighted by Gasteiger charge is -2.17. The molecule has 1 aromatic heterocycles. The van der Waals surface area contributed by atoms with E-state index in [-0.39, 0.29) is 6.04 Å². The van der Waals surface area contributed by atoms with Crippen molar-refractivity contribution in [1.29, 1.82) is 0 Å². The molecule has 0 saturated heterocycles. The highest BCUT2D eigenvalue weighted by atomic mass is 35.5. The average Bonchev–Trinajstić information content (AvgIpc) is 2.91.